The van der Waals surface area contributed by atoms with Crippen molar-refractivity contribution < 1.29 is 13.7 Å². The Hall–Kier alpha value is -2.51. The molecule has 7 heteroatoms. The number of fused-ring (bicyclic) bond motifs is 1. The summed E-state index contributed by atoms with van der Waals surface area (Å²) in [5.41, 5.74) is 2.07. The first-order chi connectivity index (χ1) is 12.6. The molecule has 0 amide bonds. The summed E-state index contributed by atoms with van der Waals surface area (Å²) in [4.78, 5) is 15.4. The number of nitrogens with zero attached hydrogens (tertiary/aromatic N) is 1. The zero-order chi connectivity index (χ0) is 18.1. The van der Waals surface area contributed by atoms with Gasteiger partial charge in [-0.15, -0.1) is 0 Å². The van der Waals surface area contributed by atoms with Gasteiger partial charge in [0.1, 0.15) is 11.6 Å². The molecule has 3 heterocycles. The zero-order valence-electron chi connectivity index (χ0n) is 14.4. The third-order valence-electron chi connectivity index (χ3n) is 4.74. The van der Waals surface area contributed by atoms with Gasteiger partial charge in [-0.05, 0) is 25.1 Å². The highest BCUT2D eigenvalue weighted by Crippen LogP contribution is 2.20. The summed E-state index contributed by atoms with van der Waals surface area (Å²) < 4.78 is 24.2. The molecular weight excluding hydrogens is 337 g/mol. The smallest absolute Gasteiger partial charge is 0.189 e. The van der Waals surface area contributed by atoms with Gasteiger partial charge in [0, 0.05) is 53.7 Å². The lowest BCUT2D eigenvalue weighted by Crippen LogP contribution is -2.36. The maximum Gasteiger partial charge on any atom is 0.189 e. The number of nitrogens with one attached hydrogen (secondary N) is 2. The highest BCUT2D eigenvalue weighted by atomic mass is 19.1. The number of H-pyrrole nitrogens is 1. The summed E-state index contributed by atoms with van der Waals surface area (Å²) in [6.45, 7) is 3.67. The molecule has 0 saturated carbocycles. The summed E-state index contributed by atoms with van der Waals surface area (Å²) in [5.74, 6) is 0.719. The van der Waals surface area contributed by atoms with Gasteiger partial charge in [0.15, 0.2) is 5.43 Å². The summed E-state index contributed by atoms with van der Waals surface area (Å²) in [6, 6.07) is 7.80. The van der Waals surface area contributed by atoms with E-state index in [0.717, 1.165) is 23.6 Å². The molecule has 0 spiro atoms. The van der Waals surface area contributed by atoms with E-state index in [0.29, 0.717) is 30.7 Å². The van der Waals surface area contributed by atoms with Gasteiger partial charge in [0.05, 0.1) is 18.9 Å². The van der Waals surface area contributed by atoms with Crippen LogP contribution in [0, 0.1) is 18.7 Å². The number of pyridine rings is 1. The Morgan fingerprint density at radius 3 is 3.00 bits per heavy atom. The fourth-order valence-electron chi connectivity index (χ4n) is 3.41. The number of benzene rings is 1. The van der Waals surface area contributed by atoms with Crippen LogP contribution in [0.1, 0.15) is 17.1 Å². The predicted octanol–water partition coefficient (Wildman–Crippen LogP) is 2.31. The second-order valence-corrected chi connectivity index (χ2v) is 6.77. The largest absolute Gasteiger partial charge is 0.379 e. The Balaban J connectivity index is 1.45. The van der Waals surface area contributed by atoms with E-state index >= 15 is 0 Å². The quantitative estimate of drug-likeness (QED) is 0.732. The molecule has 2 aromatic heterocycles. The SMILES string of the molecule is Cc1cc(CC2COCC2NCc2cc(=O)c3cc(F)ccc3[nH]2)on1. The molecule has 0 aliphatic carbocycles. The predicted molar refractivity (Wildman–Crippen MR) is 94.4 cm³/mol. The van der Waals surface area contributed by atoms with Crippen LogP contribution in [-0.4, -0.2) is 29.4 Å². The minimum absolute atomic E-state index is 0.160. The van der Waals surface area contributed by atoms with Gasteiger partial charge in [-0.1, -0.05) is 5.16 Å². The molecule has 0 radical (unpaired) electrons. The van der Waals surface area contributed by atoms with Crippen molar-refractivity contribution >= 4 is 10.9 Å². The first-order valence-electron chi connectivity index (χ1n) is 8.63. The third-order valence-corrected chi connectivity index (χ3v) is 4.74. The molecule has 1 saturated heterocycles. The van der Waals surface area contributed by atoms with E-state index in [1.807, 2.05) is 13.0 Å². The molecule has 6 nitrogen and oxygen atoms in total. The number of aromatic amines is 1. The molecule has 0 bridgehead atoms. The summed E-state index contributed by atoms with van der Waals surface area (Å²) in [5, 5.41) is 7.72. The van der Waals surface area contributed by atoms with Gasteiger partial charge in [-0.2, -0.15) is 0 Å². The van der Waals surface area contributed by atoms with E-state index in [9.17, 15) is 9.18 Å². The molecule has 3 aromatic rings. The van der Waals surface area contributed by atoms with Gasteiger partial charge < -0.3 is 19.6 Å². The molecule has 2 unspecified atom stereocenters. The van der Waals surface area contributed by atoms with Gasteiger partial charge >= 0.3 is 0 Å². The number of rotatable bonds is 5. The topological polar surface area (TPSA) is 80.1 Å². The van der Waals surface area contributed by atoms with Crippen LogP contribution in [0.5, 0.6) is 0 Å². The molecule has 136 valence electrons. The van der Waals surface area contributed by atoms with E-state index in [4.69, 9.17) is 9.26 Å². The van der Waals surface area contributed by atoms with Crippen LogP contribution in [0.2, 0.25) is 0 Å². The average Bonchev–Trinajstić information content (AvgIpc) is 3.23. The molecule has 1 fully saturated rings. The lowest BCUT2D eigenvalue weighted by atomic mass is 9.98. The third kappa shape index (κ3) is 3.54. The number of hydrogen-bond acceptors (Lipinski definition) is 5. The molecule has 1 aliphatic heterocycles. The minimum atomic E-state index is -0.414. The summed E-state index contributed by atoms with van der Waals surface area (Å²) >= 11 is 0. The Kier molecular flexibility index (Phi) is 4.57. The van der Waals surface area contributed by atoms with Crippen molar-refractivity contribution in [1.29, 1.82) is 0 Å². The van der Waals surface area contributed by atoms with Crippen LogP contribution < -0.4 is 10.7 Å². The van der Waals surface area contributed by atoms with Crippen LogP contribution in [0.3, 0.4) is 0 Å². The van der Waals surface area contributed by atoms with Gasteiger partial charge in [-0.3, -0.25) is 4.79 Å². The van der Waals surface area contributed by atoms with Crippen molar-refractivity contribution in [2.45, 2.75) is 25.9 Å². The zero-order valence-corrected chi connectivity index (χ0v) is 14.4. The minimum Gasteiger partial charge on any atom is -0.379 e. The molecule has 26 heavy (non-hydrogen) atoms. The van der Waals surface area contributed by atoms with Crippen LogP contribution in [0.15, 0.2) is 39.6 Å². The van der Waals surface area contributed by atoms with Crippen LogP contribution in [-0.2, 0) is 17.7 Å². The second-order valence-electron chi connectivity index (χ2n) is 6.77. The first-order valence-corrected chi connectivity index (χ1v) is 8.63. The van der Waals surface area contributed by atoms with Crippen molar-refractivity contribution in [3.8, 4) is 0 Å². The van der Waals surface area contributed by atoms with Crippen molar-refractivity contribution in [3.63, 3.8) is 0 Å². The number of hydrogen-bond donors (Lipinski definition) is 2. The molecule has 1 aromatic carbocycles. The number of aromatic nitrogens is 2. The number of ether oxygens (including phenoxy) is 1. The Morgan fingerprint density at radius 2 is 2.19 bits per heavy atom. The van der Waals surface area contributed by atoms with Crippen LogP contribution in [0.4, 0.5) is 4.39 Å². The van der Waals surface area contributed by atoms with Crippen molar-refractivity contribution in [2.24, 2.45) is 5.92 Å². The van der Waals surface area contributed by atoms with Crippen LogP contribution >= 0.6 is 0 Å². The first kappa shape index (κ1) is 16.9. The summed E-state index contributed by atoms with van der Waals surface area (Å²) in [7, 11) is 0. The average molecular weight is 357 g/mol. The van der Waals surface area contributed by atoms with E-state index in [-0.39, 0.29) is 17.4 Å². The van der Waals surface area contributed by atoms with E-state index in [2.05, 4.69) is 15.5 Å². The van der Waals surface area contributed by atoms with E-state index < -0.39 is 5.82 Å². The molecule has 4 rings (SSSR count). The van der Waals surface area contributed by atoms with E-state index in [1.165, 1.54) is 18.2 Å². The lowest BCUT2D eigenvalue weighted by molar-refractivity contribution is 0.181. The standard InChI is InChI=1S/C19H20FN3O3/c1-11-4-15(26-23-11)5-12-9-25-10-18(12)21-8-14-7-19(24)16-6-13(20)2-3-17(16)22-14/h2-4,6-7,12,18,21H,5,8-10H2,1H3,(H,22,24). The fraction of sp³-hybridized carbons (Fsp3) is 0.368. The Morgan fingerprint density at radius 1 is 1.31 bits per heavy atom. The van der Waals surface area contributed by atoms with Gasteiger partial charge in [0.2, 0.25) is 0 Å². The van der Waals surface area contributed by atoms with Crippen molar-refractivity contribution in [1.82, 2.24) is 15.5 Å². The highest BCUT2D eigenvalue weighted by molar-refractivity contribution is 5.78. The monoisotopic (exact) mass is 357 g/mol. The van der Waals surface area contributed by atoms with Crippen molar-refractivity contribution in [2.75, 3.05) is 13.2 Å². The highest BCUT2D eigenvalue weighted by Gasteiger charge is 2.29. The van der Waals surface area contributed by atoms with Gasteiger partial charge in [-0.25, -0.2) is 4.39 Å². The lowest BCUT2D eigenvalue weighted by Gasteiger charge is -2.18. The van der Waals surface area contributed by atoms with Gasteiger partial charge in [0.25, 0.3) is 0 Å². The Bertz CT molecular complexity index is 982. The maximum absolute atomic E-state index is 13.3. The number of halogens is 1. The van der Waals surface area contributed by atoms with Crippen LogP contribution in [0.25, 0.3) is 10.9 Å². The molecule has 1 aliphatic rings. The normalized spacial score (nSPS) is 20.1. The fourth-order valence-corrected chi connectivity index (χ4v) is 3.41. The maximum atomic E-state index is 13.3. The van der Waals surface area contributed by atoms with Crippen molar-refractivity contribution in [3.05, 3.63) is 63.5 Å². The summed E-state index contributed by atoms with van der Waals surface area (Å²) in [6.07, 6.45) is 0.756. The Labute approximate surface area is 149 Å². The molecular formula is C19H20FN3O3. The van der Waals surface area contributed by atoms with E-state index in [1.54, 1.807) is 6.07 Å². The molecule has 2 N–H and O–H groups in total. The number of aryl methyl sites for hydroxylation is 1. The second kappa shape index (κ2) is 7.01. The molecule has 2 atom stereocenters.